The number of hydrogen-bond donors (Lipinski definition) is 2. The van der Waals surface area contributed by atoms with E-state index >= 15 is 0 Å². The molecule has 2 aromatic rings. The van der Waals surface area contributed by atoms with Gasteiger partial charge in [-0.05, 0) is 17.0 Å². The predicted molar refractivity (Wildman–Crippen MR) is 79.1 cm³/mol. The van der Waals surface area contributed by atoms with E-state index in [1.165, 1.54) is 17.5 Å². The third-order valence-electron chi connectivity index (χ3n) is 2.97. The van der Waals surface area contributed by atoms with Crippen LogP contribution in [0.4, 0.5) is 11.6 Å². The number of anilines is 2. The van der Waals surface area contributed by atoms with Crippen molar-refractivity contribution in [3.05, 3.63) is 47.8 Å². The average molecular weight is 267 g/mol. The van der Waals surface area contributed by atoms with E-state index in [0.717, 1.165) is 0 Å². The first-order valence-electron chi connectivity index (χ1n) is 6.49. The largest absolute Gasteiger partial charge is 0.366 e. The Balaban J connectivity index is 1.98. The fraction of sp³-hybridized carbons (Fsp3) is 0.267. The summed E-state index contributed by atoms with van der Waals surface area (Å²) in [6, 6.07) is 10.2. The number of nitrogens with zero attached hydrogens (tertiary/aromatic N) is 3. The summed E-state index contributed by atoms with van der Waals surface area (Å²) in [5.41, 5.74) is 2.51. The van der Waals surface area contributed by atoms with Crippen LogP contribution < -0.4 is 10.6 Å². The molecule has 1 aromatic heterocycles. The predicted octanol–water partition coefficient (Wildman–Crippen LogP) is 3.11. The molecule has 102 valence electrons. The molecule has 5 nitrogen and oxygen atoms in total. The Kier molecular flexibility index (Phi) is 4.51. The molecule has 0 spiro atoms. The molecule has 2 N–H and O–H groups in total. The van der Waals surface area contributed by atoms with Gasteiger partial charge in [0.25, 0.3) is 0 Å². The lowest BCUT2D eigenvalue weighted by molar-refractivity contribution is 0.865. The first-order chi connectivity index (χ1) is 9.69. The first kappa shape index (κ1) is 13.8. The molecule has 0 aliphatic heterocycles. The molecule has 20 heavy (non-hydrogen) atoms. The van der Waals surface area contributed by atoms with Crippen molar-refractivity contribution in [2.45, 2.75) is 26.3 Å². The van der Waals surface area contributed by atoms with Crippen LogP contribution in [0.2, 0.25) is 0 Å². The molecule has 1 aromatic carbocycles. The maximum Gasteiger partial charge on any atom is 0.182 e. The molecule has 0 saturated carbocycles. The van der Waals surface area contributed by atoms with Crippen LogP contribution in [-0.4, -0.2) is 9.97 Å². The molecule has 0 aliphatic rings. The lowest BCUT2D eigenvalue weighted by Crippen LogP contribution is -2.03. The van der Waals surface area contributed by atoms with Crippen molar-refractivity contribution in [1.82, 2.24) is 9.97 Å². The van der Waals surface area contributed by atoms with Gasteiger partial charge in [-0.3, -0.25) is 5.32 Å². The minimum Gasteiger partial charge on any atom is -0.366 e. The zero-order valence-electron chi connectivity index (χ0n) is 11.6. The quantitative estimate of drug-likeness (QED) is 0.643. The monoisotopic (exact) mass is 267 g/mol. The molecule has 0 bridgehead atoms. The minimum absolute atomic E-state index is 0.486. The minimum atomic E-state index is 0.486. The van der Waals surface area contributed by atoms with Gasteiger partial charge >= 0.3 is 0 Å². The fourth-order valence-electron chi connectivity index (χ4n) is 1.79. The van der Waals surface area contributed by atoms with E-state index in [2.05, 4.69) is 58.7 Å². The van der Waals surface area contributed by atoms with Gasteiger partial charge in [0.15, 0.2) is 6.19 Å². The summed E-state index contributed by atoms with van der Waals surface area (Å²) in [6.45, 7) is 5.04. The number of hydrogen-bond acceptors (Lipinski definition) is 5. The molecular weight excluding hydrogens is 250 g/mol. The van der Waals surface area contributed by atoms with Gasteiger partial charge in [-0.1, -0.05) is 38.1 Å². The Morgan fingerprint density at radius 1 is 1.15 bits per heavy atom. The third-order valence-corrected chi connectivity index (χ3v) is 2.97. The number of nitriles is 1. The Labute approximate surface area is 118 Å². The van der Waals surface area contributed by atoms with Crippen LogP contribution in [0.15, 0.2) is 36.7 Å². The van der Waals surface area contributed by atoms with E-state index in [1.807, 2.05) is 6.19 Å². The van der Waals surface area contributed by atoms with Crippen molar-refractivity contribution in [1.29, 1.82) is 5.26 Å². The summed E-state index contributed by atoms with van der Waals surface area (Å²) in [5, 5.41) is 14.2. The van der Waals surface area contributed by atoms with Crippen LogP contribution in [-0.2, 0) is 6.54 Å². The molecule has 0 atom stereocenters. The lowest BCUT2D eigenvalue weighted by atomic mass is 10.0. The van der Waals surface area contributed by atoms with Gasteiger partial charge in [-0.15, -0.1) is 0 Å². The zero-order chi connectivity index (χ0) is 14.4. The van der Waals surface area contributed by atoms with E-state index in [4.69, 9.17) is 5.26 Å². The van der Waals surface area contributed by atoms with Crippen molar-refractivity contribution < 1.29 is 0 Å². The maximum absolute atomic E-state index is 8.55. The summed E-state index contributed by atoms with van der Waals surface area (Å²) in [7, 11) is 0. The average Bonchev–Trinajstić information content (AvgIpc) is 2.46. The zero-order valence-corrected chi connectivity index (χ0v) is 11.6. The second kappa shape index (κ2) is 6.53. The standard InChI is InChI=1S/C15H17N5/c1-11(2)13-5-3-12(4-6-13)8-17-14-7-15(18-9-16)20-10-19-14/h3-7,10-11H,8H2,1-2H3,(H2,17,18,19,20). The maximum atomic E-state index is 8.55. The molecule has 0 fully saturated rings. The van der Waals surface area contributed by atoms with Gasteiger partial charge in [0.05, 0.1) is 0 Å². The Morgan fingerprint density at radius 3 is 2.50 bits per heavy atom. The van der Waals surface area contributed by atoms with Gasteiger partial charge in [0.1, 0.15) is 18.0 Å². The number of aromatic nitrogens is 2. The van der Waals surface area contributed by atoms with E-state index in [0.29, 0.717) is 24.1 Å². The summed E-state index contributed by atoms with van der Waals surface area (Å²) in [5.74, 6) is 1.71. The molecule has 5 heteroatoms. The summed E-state index contributed by atoms with van der Waals surface area (Å²) < 4.78 is 0. The van der Waals surface area contributed by atoms with Crippen molar-refractivity contribution >= 4 is 11.6 Å². The van der Waals surface area contributed by atoms with Crippen molar-refractivity contribution in [2.75, 3.05) is 10.6 Å². The number of benzene rings is 1. The lowest BCUT2D eigenvalue weighted by Gasteiger charge is -2.09. The summed E-state index contributed by atoms with van der Waals surface area (Å²) in [4.78, 5) is 8.04. The van der Waals surface area contributed by atoms with Crippen LogP contribution in [0.3, 0.4) is 0 Å². The highest BCUT2D eigenvalue weighted by molar-refractivity contribution is 5.48. The fourth-order valence-corrected chi connectivity index (χ4v) is 1.79. The Bertz CT molecular complexity index is 598. The summed E-state index contributed by atoms with van der Waals surface area (Å²) in [6.07, 6.45) is 3.25. The van der Waals surface area contributed by atoms with E-state index in [9.17, 15) is 0 Å². The molecular formula is C15H17N5. The molecule has 0 radical (unpaired) electrons. The second-order valence-electron chi connectivity index (χ2n) is 4.78. The molecule has 0 unspecified atom stereocenters. The van der Waals surface area contributed by atoms with E-state index in [1.54, 1.807) is 6.07 Å². The molecule has 1 heterocycles. The van der Waals surface area contributed by atoms with Crippen LogP contribution in [0, 0.1) is 11.5 Å². The van der Waals surface area contributed by atoms with Gasteiger partial charge in [0.2, 0.25) is 0 Å². The second-order valence-corrected chi connectivity index (χ2v) is 4.78. The molecule has 0 aliphatic carbocycles. The third kappa shape index (κ3) is 3.69. The van der Waals surface area contributed by atoms with Gasteiger partial charge in [0, 0.05) is 12.6 Å². The van der Waals surface area contributed by atoms with Crippen LogP contribution in [0.1, 0.15) is 30.9 Å². The van der Waals surface area contributed by atoms with E-state index < -0.39 is 0 Å². The SMILES string of the molecule is CC(C)c1ccc(CNc2cc(NC#N)ncn2)cc1. The number of rotatable bonds is 5. The van der Waals surface area contributed by atoms with Crippen LogP contribution in [0.5, 0.6) is 0 Å². The van der Waals surface area contributed by atoms with Crippen molar-refractivity contribution in [3.63, 3.8) is 0 Å². The van der Waals surface area contributed by atoms with Crippen molar-refractivity contribution in [3.8, 4) is 6.19 Å². The Morgan fingerprint density at radius 2 is 1.85 bits per heavy atom. The molecule has 2 rings (SSSR count). The van der Waals surface area contributed by atoms with Gasteiger partial charge < -0.3 is 5.32 Å². The smallest absolute Gasteiger partial charge is 0.182 e. The normalized spacial score (nSPS) is 10.1. The van der Waals surface area contributed by atoms with Crippen LogP contribution >= 0.6 is 0 Å². The number of nitrogens with one attached hydrogen (secondary N) is 2. The molecule has 0 saturated heterocycles. The van der Waals surface area contributed by atoms with Gasteiger partial charge in [-0.25, -0.2) is 9.97 Å². The first-order valence-corrected chi connectivity index (χ1v) is 6.49. The highest BCUT2D eigenvalue weighted by atomic mass is 15.1. The summed E-state index contributed by atoms with van der Waals surface area (Å²) >= 11 is 0. The Hall–Kier alpha value is -2.61. The molecule has 0 amide bonds. The highest BCUT2D eigenvalue weighted by Gasteiger charge is 2.00. The highest BCUT2D eigenvalue weighted by Crippen LogP contribution is 2.15. The van der Waals surface area contributed by atoms with Crippen molar-refractivity contribution in [2.24, 2.45) is 0 Å². The topological polar surface area (TPSA) is 73.6 Å². The van der Waals surface area contributed by atoms with E-state index in [-0.39, 0.29) is 0 Å². The van der Waals surface area contributed by atoms with Gasteiger partial charge in [-0.2, -0.15) is 5.26 Å². The van der Waals surface area contributed by atoms with Crippen LogP contribution in [0.25, 0.3) is 0 Å².